The molecule has 2 unspecified atom stereocenters. The van der Waals surface area contributed by atoms with Crippen molar-refractivity contribution in [3.05, 3.63) is 54.4 Å². The third-order valence-corrected chi connectivity index (χ3v) is 6.94. The van der Waals surface area contributed by atoms with E-state index in [9.17, 15) is 13.2 Å². The van der Waals surface area contributed by atoms with Gasteiger partial charge in [-0.25, -0.2) is 8.42 Å². The molecule has 1 aromatic heterocycles. The number of esters is 1. The fraction of sp³-hybridized carbons (Fsp3) is 0.455. The van der Waals surface area contributed by atoms with Gasteiger partial charge >= 0.3 is 5.97 Å². The van der Waals surface area contributed by atoms with Crippen LogP contribution in [-0.4, -0.2) is 33.1 Å². The van der Waals surface area contributed by atoms with E-state index in [4.69, 9.17) is 9.47 Å². The van der Waals surface area contributed by atoms with Crippen LogP contribution in [0.5, 0.6) is 5.75 Å². The molecule has 1 aromatic carbocycles. The van der Waals surface area contributed by atoms with Crippen LogP contribution < -0.4 is 4.74 Å². The Morgan fingerprint density at radius 3 is 2.31 bits per heavy atom. The average Bonchev–Trinajstić information content (AvgIpc) is 2.71. The van der Waals surface area contributed by atoms with Gasteiger partial charge in [-0.15, -0.1) is 0 Å². The average molecular weight is 420 g/mol. The van der Waals surface area contributed by atoms with E-state index in [1.807, 2.05) is 13.8 Å². The van der Waals surface area contributed by atoms with Gasteiger partial charge in [-0.1, -0.05) is 26.3 Å². The highest BCUT2D eigenvalue weighted by Crippen LogP contribution is 2.39. The molecular formula is C22H29NO5S. The van der Waals surface area contributed by atoms with Crippen molar-refractivity contribution >= 4 is 15.8 Å². The Labute approximate surface area is 173 Å². The molecule has 0 spiro atoms. The number of nitrogens with zero attached hydrogens (tertiary/aromatic N) is 1. The highest BCUT2D eigenvalue weighted by atomic mass is 32.2. The van der Waals surface area contributed by atoms with E-state index in [2.05, 4.69) is 4.98 Å². The summed E-state index contributed by atoms with van der Waals surface area (Å²) in [6.07, 6.45) is 4.20. The number of hydrogen-bond acceptors (Lipinski definition) is 6. The molecule has 6 nitrogen and oxygen atoms in total. The van der Waals surface area contributed by atoms with Crippen LogP contribution in [-0.2, 0) is 19.4 Å². The van der Waals surface area contributed by atoms with E-state index in [0.717, 1.165) is 0 Å². The molecule has 1 heterocycles. The van der Waals surface area contributed by atoms with E-state index in [-0.39, 0.29) is 11.5 Å². The number of carbonyl (C=O) groups is 1. The zero-order valence-electron chi connectivity index (χ0n) is 17.4. The molecule has 2 aromatic rings. The summed E-state index contributed by atoms with van der Waals surface area (Å²) in [6.45, 7) is 5.99. The summed E-state index contributed by atoms with van der Waals surface area (Å²) in [5.41, 5.74) is 0.477. The van der Waals surface area contributed by atoms with Gasteiger partial charge in [0.1, 0.15) is 11.0 Å². The first-order valence-electron chi connectivity index (χ1n) is 9.75. The Kier molecular flexibility index (Phi) is 8.20. The maximum atomic E-state index is 13.7. The van der Waals surface area contributed by atoms with Gasteiger partial charge in [-0.05, 0) is 55.2 Å². The molecule has 0 amide bonds. The highest BCUT2D eigenvalue weighted by molar-refractivity contribution is 7.91. The van der Waals surface area contributed by atoms with Gasteiger partial charge in [0.15, 0.2) is 9.84 Å². The molecular weight excluding hydrogens is 390 g/mol. The molecule has 29 heavy (non-hydrogen) atoms. The maximum Gasteiger partial charge on any atom is 0.310 e. The number of ether oxygens (including phenoxy) is 2. The van der Waals surface area contributed by atoms with Crippen LogP contribution in [0.1, 0.15) is 44.4 Å². The summed E-state index contributed by atoms with van der Waals surface area (Å²) < 4.78 is 37.7. The van der Waals surface area contributed by atoms with Crippen LogP contribution in [0.4, 0.5) is 0 Å². The Bertz CT molecular complexity index is 879. The van der Waals surface area contributed by atoms with Crippen molar-refractivity contribution in [1.82, 2.24) is 4.98 Å². The number of carbonyl (C=O) groups excluding carboxylic acids is 1. The molecule has 0 N–H and O–H groups in total. The number of rotatable bonds is 10. The van der Waals surface area contributed by atoms with Crippen LogP contribution in [0, 0.1) is 11.8 Å². The molecule has 158 valence electrons. The standard InChI is InChI=1S/C22H29NO5S/c1-5-28-22(24)20(13-8-16(2)3)21(17-7-6-14-23-15-17)29(25,26)19-11-9-18(27-4)10-12-19/h6-7,9-12,14-16,20-21H,5,8,13H2,1-4H3. The second-order valence-corrected chi connectivity index (χ2v) is 9.33. The van der Waals surface area contributed by atoms with E-state index < -0.39 is 27.0 Å². The number of sulfone groups is 1. The zero-order chi connectivity index (χ0) is 21.4. The zero-order valence-corrected chi connectivity index (χ0v) is 18.2. The first-order valence-corrected chi connectivity index (χ1v) is 11.3. The molecule has 0 saturated carbocycles. The van der Waals surface area contributed by atoms with Crippen LogP contribution >= 0.6 is 0 Å². The van der Waals surface area contributed by atoms with Gasteiger partial charge in [-0.3, -0.25) is 9.78 Å². The van der Waals surface area contributed by atoms with Gasteiger partial charge in [-0.2, -0.15) is 0 Å². The molecule has 2 rings (SSSR count). The summed E-state index contributed by atoms with van der Waals surface area (Å²) >= 11 is 0. The highest BCUT2D eigenvalue weighted by Gasteiger charge is 2.41. The first-order chi connectivity index (χ1) is 13.8. The van der Waals surface area contributed by atoms with Crippen molar-refractivity contribution in [2.75, 3.05) is 13.7 Å². The van der Waals surface area contributed by atoms with Crippen LogP contribution in [0.25, 0.3) is 0 Å². The smallest absolute Gasteiger partial charge is 0.310 e. The number of pyridine rings is 1. The number of aromatic nitrogens is 1. The van der Waals surface area contributed by atoms with Crippen molar-refractivity contribution in [1.29, 1.82) is 0 Å². The lowest BCUT2D eigenvalue weighted by Crippen LogP contribution is -2.30. The third-order valence-electron chi connectivity index (χ3n) is 4.75. The molecule has 0 radical (unpaired) electrons. The normalized spacial score (nSPS) is 13.7. The second kappa shape index (κ2) is 10.4. The summed E-state index contributed by atoms with van der Waals surface area (Å²) in [7, 11) is -2.37. The molecule has 0 fully saturated rings. The summed E-state index contributed by atoms with van der Waals surface area (Å²) in [5, 5.41) is -1.08. The molecule has 0 aliphatic carbocycles. The summed E-state index contributed by atoms with van der Waals surface area (Å²) in [4.78, 5) is 17.0. The minimum Gasteiger partial charge on any atom is -0.497 e. The van der Waals surface area contributed by atoms with E-state index >= 15 is 0 Å². The van der Waals surface area contributed by atoms with Gasteiger partial charge < -0.3 is 9.47 Å². The molecule has 0 bridgehead atoms. The lowest BCUT2D eigenvalue weighted by molar-refractivity contribution is -0.148. The van der Waals surface area contributed by atoms with Crippen LogP contribution in [0.2, 0.25) is 0 Å². The van der Waals surface area contributed by atoms with Crippen molar-refractivity contribution in [2.45, 2.75) is 43.8 Å². The van der Waals surface area contributed by atoms with Crippen molar-refractivity contribution in [3.8, 4) is 5.75 Å². The molecule has 0 aliphatic heterocycles. The quantitative estimate of drug-likeness (QED) is 0.536. The largest absolute Gasteiger partial charge is 0.497 e. The minimum absolute atomic E-state index is 0.131. The first kappa shape index (κ1) is 22.9. The minimum atomic E-state index is -3.89. The van der Waals surface area contributed by atoms with E-state index in [0.29, 0.717) is 30.1 Å². The second-order valence-electron chi connectivity index (χ2n) is 7.26. The molecule has 2 atom stereocenters. The Balaban J connectivity index is 2.57. The number of hydrogen-bond donors (Lipinski definition) is 0. The lowest BCUT2D eigenvalue weighted by Gasteiger charge is -2.26. The third kappa shape index (κ3) is 5.79. The Hall–Kier alpha value is -2.41. The number of methoxy groups -OCH3 is 1. The van der Waals surface area contributed by atoms with Crippen molar-refractivity contribution in [2.24, 2.45) is 11.8 Å². The Morgan fingerprint density at radius 2 is 1.79 bits per heavy atom. The van der Waals surface area contributed by atoms with Crippen molar-refractivity contribution in [3.63, 3.8) is 0 Å². The maximum absolute atomic E-state index is 13.7. The fourth-order valence-corrected chi connectivity index (χ4v) is 5.23. The summed E-state index contributed by atoms with van der Waals surface area (Å²) in [6, 6.07) is 9.57. The van der Waals surface area contributed by atoms with Crippen molar-refractivity contribution < 1.29 is 22.7 Å². The predicted octanol–water partition coefficient (Wildman–Crippen LogP) is 4.22. The summed E-state index contributed by atoms with van der Waals surface area (Å²) in [5.74, 6) is -0.443. The van der Waals surface area contributed by atoms with Gasteiger partial charge in [0.25, 0.3) is 0 Å². The Morgan fingerprint density at radius 1 is 1.10 bits per heavy atom. The molecule has 0 saturated heterocycles. The van der Waals surface area contributed by atoms with Crippen LogP contribution in [0.3, 0.4) is 0 Å². The molecule has 7 heteroatoms. The monoisotopic (exact) mass is 419 g/mol. The number of benzene rings is 1. The van der Waals surface area contributed by atoms with Gasteiger partial charge in [0.2, 0.25) is 0 Å². The van der Waals surface area contributed by atoms with E-state index in [1.165, 1.54) is 25.4 Å². The van der Waals surface area contributed by atoms with Crippen LogP contribution in [0.15, 0.2) is 53.7 Å². The van der Waals surface area contributed by atoms with E-state index in [1.54, 1.807) is 37.4 Å². The molecule has 0 aliphatic rings. The topological polar surface area (TPSA) is 82.6 Å². The van der Waals surface area contributed by atoms with Gasteiger partial charge in [0, 0.05) is 12.4 Å². The SMILES string of the molecule is CCOC(=O)C(CCC(C)C)C(c1cccnc1)S(=O)(=O)c1ccc(OC)cc1. The fourth-order valence-electron chi connectivity index (χ4n) is 3.24. The lowest BCUT2D eigenvalue weighted by atomic mass is 9.92. The predicted molar refractivity (Wildman–Crippen MR) is 111 cm³/mol. The van der Waals surface area contributed by atoms with Gasteiger partial charge in [0.05, 0.1) is 24.5 Å².